The van der Waals surface area contributed by atoms with Gasteiger partial charge in [0.05, 0.1) is 19.9 Å². The van der Waals surface area contributed by atoms with Crippen molar-refractivity contribution in [2.75, 3.05) is 32.8 Å². The minimum atomic E-state index is -0.640. The number of methoxy groups -OCH3 is 2. The van der Waals surface area contributed by atoms with E-state index in [0.717, 1.165) is 5.56 Å². The Bertz CT molecular complexity index is 774. The number of rotatable bonds is 8. The van der Waals surface area contributed by atoms with Crippen LogP contribution in [-0.4, -0.2) is 39.3 Å². The second-order valence-electron chi connectivity index (χ2n) is 5.38. The Kier molecular flexibility index (Phi) is 6.84. The monoisotopic (exact) mass is 359 g/mol. The fourth-order valence-corrected chi connectivity index (χ4v) is 2.13. The Balaban J connectivity index is 1.82. The van der Waals surface area contributed by atoms with Crippen molar-refractivity contribution in [3.63, 3.8) is 0 Å². The molecule has 0 saturated heterocycles. The topological polar surface area (TPSA) is 83.1 Å². The van der Waals surface area contributed by atoms with E-state index >= 15 is 0 Å². The molecule has 138 valence electrons. The zero-order valence-corrected chi connectivity index (χ0v) is 14.9. The first-order valence-electron chi connectivity index (χ1n) is 7.89. The van der Waals surface area contributed by atoms with E-state index in [4.69, 9.17) is 18.9 Å². The fraction of sp³-hybridized carbons (Fsp3) is 0.263. The van der Waals surface area contributed by atoms with Crippen molar-refractivity contribution in [2.24, 2.45) is 0 Å². The maximum Gasteiger partial charge on any atom is 0.344 e. The summed E-state index contributed by atoms with van der Waals surface area (Å²) in [5.41, 5.74) is 1.44. The van der Waals surface area contributed by atoms with Crippen LogP contribution in [0, 0.1) is 6.92 Å². The average molecular weight is 359 g/mol. The molecule has 1 N–H and O–H groups in total. The molecule has 0 unspecified atom stereocenters. The minimum absolute atomic E-state index is 0.279. The Hall–Kier alpha value is -3.22. The molecule has 0 fully saturated rings. The van der Waals surface area contributed by atoms with Gasteiger partial charge in [-0.1, -0.05) is 12.1 Å². The summed E-state index contributed by atoms with van der Waals surface area (Å²) in [6, 6.07) is 12.3. The Morgan fingerprint density at radius 3 is 2.46 bits per heavy atom. The molecule has 0 saturated carbocycles. The summed E-state index contributed by atoms with van der Waals surface area (Å²) in [4.78, 5) is 23.7. The molecule has 0 aliphatic rings. The maximum absolute atomic E-state index is 12.0. The van der Waals surface area contributed by atoms with Gasteiger partial charge in [0.15, 0.2) is 13.2 Å². The van der Waals surface area contributed by atoms with Crippen LogP contribution in [0.5, 0.6) is 17.2 Å². The lowest BCUT2D eigenvalue weighted by atomic mass is 10.2. The van der Waals surface area contributed by atoms with Crippen LogP contribution in [0.4, 0.5) is 5.69 Å². The third-order valence-corrected chi connectivity index (χ3v) is 3.39. The summed E-state index contributed by atoms with van der Waals surface area (Å²) in [6.07, 6.45) is 0. The van der Waals surface area contributed by atoms with E-state index < -0.39 is 18.5 Å². The van der Waals surface area contributed by atoms with Gasteiger partial charge >= 0.3 is 5.97 Å². The maximum atomic E-state index is 12.0. The van der Waals surface area contributed by atoms with E-state index in [1.807, 2.05) is 19.1 Å². The predicted octanol–water partition coefficient (Wildman–Crippen LogP) is 2.57. The van der Waals surface area contributed by atoms with E-state index in [9.17, 15) is 9.59 Å². The Morgan fingerprint density at radius 2 is 1.77 bits per heavy atom. The van der Waals surface area contributed by atoms with Gasteiger partial charge in [-0.15, -0.1) is 0 Å². The van der Waals surface area contributed by atoms with Crippen LogP contribution in [0.25, 0.3) is 0 Å². The van der Waals surface area contributed by atoms with Gasteiger partial charge in [-0.2, -0.15) is 0 Å². The van der Waals surface area contributed by atoms with Crippen molar-refractivity contribution in [2.45, 2.75) is 6.92 Å². The number of esters is 1. The van der Waals surface area contributed by atoms with Gasteiger partial charge in [0.25, 0.3) is 5.91 Å². The van der Waals surface area contributed by atoms with Gasteiger partial charge in [0.2, 0.25) is 0 Å². The summed E-state index contributed by atoms with van der Waals surface area (Å²) in [5, 5.41) is 2.61. The lowest BCUT2D eigenvalue weighted by Gasteiger charge is -2.12. The van der Waals surface area contributed by atoms with Crippen LogP contribution in [-0.2, 0) is 14.3 Å². The highest BCUT2D eigenvalue weighted by molar-refractivity contribution is 5.94. The molecule has 7 heteroatoms. The molecule has 0 aliphatic carbocycles. The molecule has 0 atom stereocenters. The first kappa shape index (κ1) is 19.1. The van der Waals surface area contributed by atoms with E-state index in [1.54, 1.807) is 30.3 Å². The van der Waals surface area contributed by atoms with Crippen LogP contribution < -0.4 is 19.5 Å². The minimum Gasteiger partial charge on any atom is -0.497 e. The molecule has 0 spiro atoms. The normalized spacial score (nSPS) is 9.96. The van der Waals surface area contributed by atoms with Crippen molar-refractivity contribution >= 4 is 17.6 Å². The Morgan fingerprint density at radius 1 is 0.962 bits per heavy atom. The number of anilines is 1. The van der Waals surface area contributed by atoms with Crippen molar-refractivity contribution in [3.05, 3.63) is 48.0 Å². The van der Waals surface area contributed by atoms with Gasteiger partial charge in [0.1, 0.15) is 17.2 Å². The Labute approximate surface area is 151 Å². The molecular formula is C19H21NO6. The van der Waals surface area contributed by atoms with E-state index in [-0.39, 0.29) is 6.61 Å². The molecule has 1 amide bonds. The first-order chi connectivity index (χ1) is 12.5. The smallest absolute Gasteiger partial charge is 0.344 e. The second-order valence-corrected chi connectivity index (χ2v) is 5.38. The summed E-state index contributed by atoms with van der Waals surface area (Å²) >= 11 is 0. The van der Waals surface area contributed by atoms with Crippen LogP contribution in [0.1, 0.15) is 5.56 Å². The van der Waals surface area contributed by atoms with E-state index in [0.29, 0.717) is 22.9 Å². The van der Waals surface area contributed by atoms with Crippen LogP contribution in [0.3, 0.4) is 0 Å². The summed E-state index contributed by atoms with van der Waals surface area (Å²) in [6.45, 7) is 1.21. The molecule has 2 aromatic carbocycles. The molecule has 26 heavy (non-hydrogen) atoms. The molecule has 0 heterocycles. The van der Waals surface area contributed by atoms with Gasteiger partial charge in [-0.25, -0.2) is 4.79 Å². The number of amides is 1. The van der Waals surface area contributed by atoms with Crippen LogP contribution >= 0.6 is 0 Å². The molecular weight excluding hydrogens is 338 g/mol. The average Bonchev–Trinajstić information content (AvgIpc) is 2.64. The van der Waals surface area contributed by atoms with Gasteiger partial charge in [-0.3, -0.25) is 4.79 Å². The number of benzene rings is 2. The van der Waals surface area contributed by atoms with Crippen molar-refractivity contribution < 1.29 is 28.5 Å². The van der Waals surface area contributed by atoms with E-state index in [2.05, 4.69) is 5.32 Å². The lowest BCUT2D eigenvalue weighted by Crippen LogP contribution is -2.23. The standard InChI is InChI=1S/C19H21NO6/c1-13-5-4-6-15(9-13)25-12-19(22)26-11-18(21)20-16-10-14(23-2)7-8-17(16)24-3/h4-10H,11-12H2,1-3H3,(H,20,21). The van der Waals surface area contributed by atoms with Gasteiger partial charge in [-0.05, 0) is 36.8 Å². The highest BCUT2D eigenvalue weighted by Crippen LogP contribution is 2.28. The molecule has 2 rings (SSSR count). The molecule has 2 aromatic rings. The lowest BCUT2D eigenvalue weighted by molar-refractivity contribution is -0.149. The fourth-order valence-electron chi connectivity index (χ4n) is 2.13. The number of ether oxygens (including phenoxy) is 4. The number of carbonyl (C=O) groups excluding carboxylic acids is 2. The number of aryl methyl sites for hydroxylation is 1. The van der Waals surface area contributed by atoms with E-state index in [1.165, 1.54) is 14.2 Å². The van der Waals surface area contributed by atoms with Crippen molar-refractivity contribution in [1.82, 2.24) is 0 Å². The predicted molar refractivity (Wildman–Crippen MR) is 95.8 cm³/mol. The number of hydrogen-bond acceptors (Lipinski definition) is 6. The molecule has 0 bridgehead atoms. The third kappa shape index (κ3) is 5.70. The first-order valence-corrected chi connectivity index (χ1v) is 7.89. The molecule has 0 aromatic heterocycles. The van der Waals surface area contributed by atoms with Crippen molar-refractivity contribution in [3.8, 4) is 17.2 Å². The summed E-state index contributed by atoms with van der Waals surface area (Å²) in [5.74, 6) is 0.449. The van der Waals surface area contributed by atoms with Crippen molar-refractivity contribution in [1.29, 1.82) is 0 Å². The zero-order chi connectivity index (χ0) is 18.9. The molecule has 0 aliphatic heterocycles. The third-order valence-electron chi connectivity index (χ3n) is 3.39. The largest absolute Gasteiger partial charge is 0.497 e. The number of hydrogen-bond donors (Lipinski definition) is 1. The highest BCUT2D eigenvalue weighted by Gasteiger charge is 2.12. The van der Waals surface area contributed by atoms with Gasteiger partial charge in [0, 0.05) is 6.07 Å². The van der Waals surface area contributed by atoms with Crippen LogP contribution in [0.2, 0.25) is 0 Å². The summed E-state index contributed by atoms with van der Waals surface area (Å²) < 4.78 is 20.5. The summed E-state index contributed by atoms with van der Waals surface area (Å²) in [7, 11) is 3.00. The quantitative estimate of drug-likeness (QED) is 0.730. The zero-order valence-electron chi connectivity index (χ0n) is 14.9. The highest BCUT2D eigenvalue weighted by atomic mass is 16.6. The molecule has 7 nitrogen and oxygen atoms in total. The van der Waals surface area contributed by atoms with Gasteiger partial charge < -0.3 is 24.3 Å². The number of nitrogens with one attached hydrogen (secondary N) is 1. The second kappa shape index (κ2) is 9.31. The SMILES string of the molecule is COc1ccc(OC)c(NC(=O)COC(=O)COc2cccc(C)c2)c1. The number of carbonyl (C=O) groups is 2. The van der Waals surface area contributed by atoms with Crippen LogP contribution in [0.15, 0.2) is 42.5 Å². The molecule has 0 radical (unpaired) electrons.